The Hall–Kier alpha value is -5.02. The molecule has 39 heavy (non-hydrogen) atoms. The van der Waals surface area contributed by atoms with Crippen molar-refractivity contribution in [2.24, 2.45) is 57.5 Å². The number of hydrogen-bond acceptors (Lipinski definition) is 12. The molecule has 0 amide bonds. The van der Waals surface area contributed by atoms with E-state index in [0.29, 0.717) is 23.7 Å². The van der Waals surface area contributed by atoms with E-state index < -0.39 is 31.1 Å². The van der Waals surface area contributed by atoms with Gasteiger partial charge in [-0.05, 0) is 42.2 Å². The maximum absolute atomic E-state index is 11.5. The topological polar surface area (TPSA) is 221 Å². The summed E-state index contributed by atoms with van der Waals surface area (Å²) < 4.78 is 0. The molecule has 5 saturated carbocycles. The third-order valence-electron chi connectivity index (χ3n) is 9.26. The van der Waals surface area contributed by atoms with Crippen molar-refractivity contribution in [2.75, 3.05) is 10.9 Å². The Labute approximate surface area is 217 Å². The molecule has 0 saturated heterocycles. The van der Waals surface area contributed by atoms with Gasteiger partial charge in [-0.15, -0.1) is 0 Å². The van der Waals surface area contributed by atoms with E-state index in [0.717, 1.165) is 30.0 Å². The standard InChI is InChI=1S/C23H18N8O8/c32-28(33)8-1-3-12(14(5-8)30(36)37)24-26-22-18-10-7-11-17-16(10)20(22)21(17)23(19(11)18)27-25-13-4-2-9(29(34)35)6-15(13)31(38)39/h1-6,10-11,16-21,24-25H,7H2/b26-22-,27-23?. The number of nitro groups is 4. The van der Waals surface area contributed by atoms with Crippen molar-refractivity contribution in [3.63, 3.8) is 0 Å². The van der Waals surface area contributed by atoms with Gasteiger partial charge in [0.2, 0.25) is 0 Å². The van der Waals surface area contributed by atoms with Crippen LogP contribution < -0.4 is 10.9 Å². The number of hydrogen-bond donors (Lipinski definition) is 2. The smallest absolute Gasteiger partial charge is 0.272 e. The number of nitro benzene ring substituents is 4. The van der Waals surface area contributed by atoms with Gasteiger partial charge in [-0.25, -0.2) is 0 Å². The van der Waals surface area contributed by atoms with Gasteiger partial charge in [-0.2, -0.15) is 10.2 Å². The Balaban J connectivity index is 1.18. The second-order valence-corrected chi connectivity index (χ2v) is 10.5. The van der Waals surface area contributed by atoms with Crippen molar-refractivity contribution in [2.45, 2.75) is 6.42 Å². The molecule has 5 aliphatic rings. The first-order valence-corrected chi connectivity index (χ1v) is 12.2. The first-order chi connectivity index (χ1) is 18.7. The van der Waals surface area contributed by atoms with E-state index in [4.69, 9.17) is 0 Å². The zero-order valence-corrected chi connectivity index (χ0v) is 19.7. The molecule has 8 unspecified atom stereocenters. The molecule has 0 radical (unpaired) electrons. The fourth-order valence-electron chi connectivity index (χ4n) is 8.17. The molecule has 0 heterocycles. The van der Waals surface area contributed by atoms with Crippen LogP contribution in [0.4, 0.5) is 34.1 Å². The lowest BCUT2D eigenvalue weighted by atomic mass is 9.59. The highest BCUT2D eigenvalue weighted by Gasteiger charge is 2.82. The summed E-state index contributed by atoms with van der Waals surface area (Å²) in [5.74, 6) is 2.16. The lowest BCUT2D eigenvalue weighted by molar-refractivity contribution is -0.393. The third kappa shape index (κ3) is 2.98. The van der Waals surface area contributed by atoms with Gasteiger partial charge in [0.05, 0.1) is 31.8 Å². The van der Waals surface area contributed by atoms with Crippen molar-refractivity contribution in [1.29, 1.82) is 0 Å². The van der Waals surface area contributed by atoms with Gasteiger partial charge < -0.3 is 0 Å². The van der Waals surface area contributed by atoms with Gasteiger partial charge in [-0.1, -0.05) is 0 Å². The van der Waals surface area contributed by atoms with Crippen LogP contribution in [0.2, 0.25) is 0 Å². The number of fused-ring (bicyclic) bond motifs is 2. The molecule has 8 atom stereocenters. The lowest BCUT2D eigenvalue weighted by Gasteiger charge is -2.44. The van der Waals surface area contributed by atoms with E-state index in [-0.39, 0.29) is 46.4 Å². The molecule has 2 aromatic carbocycles. The van der Waals surface area contributed by atoms with E-state index in [9.17, 15) is 40.5 Å². The summed E-state index contributed by atoms with van der Waals surface area (Å²) in [6.45, 7) is 0. The molecule has 5 fully saturated rings. The Morgan fingerprint density at radius 1 is 0.615 bits per heavy atom. The minimum absolute atomic E-state index is 0.0671. The Kier molecular flexibility index (Phi) is 4.59. The fraction of sp³-hybridized carbons (Fsp3) is 0.391. The number of anilines is 2. The Morgan fingerprint density at radius 2 is 1.03 bits per heavy atom. The molecular weight excluding hydrogens is 516 g/mol. The molecule has 2 bridgehead atoms. The molecule has 16 heteroatoms. The number of rotatable bonds is 8. The quantitative estimate of drug-likeness (QED) is 0.366. The maximum Gasteiger partial charge on any atom is 0.301 e. The average Bonchev–Trinajstić information content (AvgIpc) is 3.44. The van der Waals surface area contributed by atoms with E-state index in [2.05, 4.69) is 21.1 Å². The molecule has 16 nitrogen and oxygen atoms in total. The van der Waals surface area contributed by atoms with Crippen molar-refractivity contribution < 1.29 is 19.7 Å². The van der Waals surface area contributed by atoms with Crippen LogP contribution in [0.15, 0.2) is 46.6 Å². The Morgan fingerprint density at radius 3 is 1.38 bits per heavy atom. The number of non-ortho nitro benzene ring substituents is 2. The monoisotopic (exact) mass is 534 g/mol. The summed E-state index contributed by atoms with van der Waals surface area (Å²) in [7, 11) is 0. The molecule has 0 aliphatic heterocycles. The molecule has 2 N–H and O–H groups in total. The normalized spacial score (nSPS) is 33.9. The molecule has 2 aromatic rings. The summed E-state index contributed by atoms with van der Waals surface area (Å²) in [6.07, 6.45) is 1.03. The van der Waals surface area contributed by atoms with Crippen molar-refractivity contribution in [3.05, 3.63) is 76.9 Å². The van der Waals surface area contributed by atoms with E-state index in [1.807, 2.05) is 0 Å². The molecule has 198 valence electrons. The minimum atomic E-state index is -0.696. The first kappa shape index (κ1) is 23.1. The van der Waals surface area contributed by atoms with E-state index in [1.54, 1.807) is 0 Å². The molecule has 0 spiro atoms. The predicted molar refractivity (Wildman–Crippen MR) is 134 cm³/mol. The highest BCUT2D eigenvalue weighted by Crippen LogP contribution is 2.81. The zero-order chi connectivity index (χ0) is 27.3. The molecule has 7 rings (SSSR count). The second-order valence-electron chi connectivity index (χ2n) is 10.5. The highest BCUT2D eigenvalue weighted by atomic mass is 16.6. The van der Waals surface area contributed by atoms with Crippen LogP contribution in [-0.4, -0.2) is 31.1 Å². The van der Waals surface area contributed by atoms with Crippen LogP contribution in [0.5, 0.6) is 0 Å². The maximum atomic E-state index is 11.5. The molecule has 5 aliphatic carbocycles. The summed E-state index contributed by atoms with van der Waals surface area (Å²) in [5, 5.41) is 54.3. The number of hydrazone groups is 2. The largest absolute Gasteiger partial charge is 0.301 e. The van der Waals surface area contributed by atoms with Gasteiger partial charge in [-0.3, -0.25) is 51.3 Å². The van der Waals surface area contributed by atoms with Gasteiger partial charge >= 0.3 is 11.4 Å². The van der Waals surface area contributed by atoms with Crippen LogP contribution in [-0.2, 0) is 0 Å². The second kappa shape index (κ2) is 7.75. The lowest BCUT2D eigenvalue weighted by Crippen LogP contribution is -2.48. The highest BCUT2D eigenvalue weighted by molar-refractivity contribution is 6.11. The first-order valence-electron chi connectivity index (χ1n) is 12.2. The molecular formula is C23H18N8O8. The summed E-state index contributed by atoms with van der Waals surface area (Å²) in [6, 6.07) is 6.72. The van der Waals surface area contributed by atoms with E-state index in [1.165, 1.54) is 24.3 Å². The van der Waals surface area contributed by atoms with Crippen molar-refractivity contribution in [1.82, 2.24) is 0 Å². The number of nitrogens with one attached hydrogen (secondary N) is 2. The fourth-order valence-corrected chi connectivity index (χ4v) is 8.17. The third-order valence-corrected chi connectivity index (χ3v) is 9.26. The minimum Gasteiger partial charge on any atom is -0.272 e. The summed E-state index contributed by atoms with van der Waals surface area (Å²) >= 11 is 0. The zero-order valence-electron chi connectivity index (χ0n) is 19.7. The Bertz CT molecular complexity index is 1470. The molecule has 0 aromatic heterocycles. The van der Waals surface area contributed by atoms with Crippen molar-refractivity contribution in [3.8, 4) is 0 Å². The van der Waals surface area contributed by atoms with Crippen LogP contribution in [0.3, 0.4) is 0 Å². The number of benzene rings is 2. The number of nitrogens with zero attached hydrogens (tertiary/aromatic N) is 6. The van der Waals surface area contributed by atoms with Gasteiger partial charge in [0.25, 0.3) is 11.4 Å². The van der Waals surface area contributed by atoms with Gasteiger partial charge in [0.15, 0.2) is 0 Å². The predicted octanol–water partition coefficient (Wildman–Crippen LogP) is 3.94. The average molecular weight is 534 g/mol. The summed E-state index contributed by atoms with van der Waals surface area (Å²) in [4.78, 5) is 42.3. The van der Waals surface area contributed by atoms with Crippen LogP contribution >= 0.6 is 0 Å². The van der Waals surface area contributed by atoms with Gasteiger partial charge in [0.1, 0.15) is 11.4 Å². The van der Waals surface area contributed by atoms with Crippen LogP contribution in [0.1, 0.15) is 6.42 Å². The van der Waals surface area contributed by atoms with Crippen molar-refractivity contribution >= 4 is 45.5 Å². The van der Waals surface area contributed by atoms with Gasteiger partial charge in [0, 0.05) is 47.2 Å². The van der Waals surface area contributed by atoms with E-state index >= 15 is 0 Å². The summed E-state index contributed by atoms with van der Waals surface area (Å²) in [5.41, 5.74) is 5.94. The van der Waals surface area contributed by atoms with Crippen LogP contribution in [0, 0.1) is 87.8 Å². The van der Waals surface area contributed by atoms with Crippen LogP contribution in [0.25, 0.3) is 0 Å². The SMILES string of the molecule is O=[N+]([O-])c1ccc(NN=C2C3C4CC5C3/C(=N/Nc3ccc([N+](=O)[O-])cc3[N+](=O)[O-])C3C2C4C53)c([N+](=O)[O-])c1.